The van der Waals surface area contributed by atoms with Crippen molar-refractivity contribution in [3.05, 3.63) is 72.3 Å². The van der Waals surface area contributed by atoms with Crippen molar-refractivity contribution in [2.45, 2.75) is 13.3 Å². The van der Waals surface area contributed by atoms with E-state index in [0.717, 1.165) is 28.5 Å². The first-order valence-electron chi connectivity index (χ1n) is 9.14. The number of carbonyl (C=O) groups excluding carboxylic acids is 1. The third-order valence-electron chi connectivity index (χ3n) is 4.58. The molecule has 0 unspecified atom stereocenters. The van der Waals surface area contributed by atoms with E-state index in [4.69, 9.17) is 0 Å². The standard InChI is InChI=1S/C22H19FN4O/c1-2-9-25-22(28)18-12-15(5-7-19(18)23)21-17(4-3-10-24-21)14-6-8-20-16(11-14)13-26-27-20/h3-8,10-13H,2,9H2,1H3,(H,25,28)(H,26,27). The Morgan fingerprint density at radius 1 is 1.14 bits per heavy atom. The first-order chi connectivity index (χ1) is 13.7. The lowest BCUT2D eigenvalue weighted by Gasteiger charge is -2.11. The molecule has 0 fully saturated rings. The first kappa shape index (κ1) is 17.9. The van der Waals surface area contributed by atoms with Crippen LogP contribution in [0.3, 0.4) is 0 Å². The number of aromatic nitrogens is 3. The summed E-state index contributed by atoms with van der Waals surface area (Å²) in [4.78, 5) is 16.8. The molecule has 4 rings (SSSR count). The van der Waals surface area contributed by atoms with Gasteiger partial charge in [0.25, 0.3) is 5.91 Å². The van der Waals surface area contributed by atoms with Gasteiger partial charge in [-0.3, -0.25) is 14.9 Å². The van der Waals surface area contributed by atoms with Crippen LogP contribution in [0, 0.1) is 5.82 Å². The molecular weight excluding hydrogens is 355 g/mol. The number of hydrogen-bond acceptors (Lipinski definition) is 3. The first-order valence-corrected chi connectivity index (χ1v) is 9.14. The molecule has 0 aliphatic heterocycles. The fraction of sp³-hybridized carbons (Fsp3) is 0.136. The average Bonchev–Trinajstić information content (AvgIpc) is 3.20. The number of nitrogens with zero attached hydrogens (tertiary/aromatic N) is 2. The molecule has 0 saturated carbocycles. The zero-order valence-electron chi connectivity index (χ0n) is 15.4. The molecule has 0 saturated heterocycles. The average molecular weight is 374 g/mol. The van der Waals surface area contributed by atoms with E-state index in [1.54, 1.807) is 24.5 Å². The number of pyridine rings is 1. The molecule has 2 heterocycles. The number of carbonyl (C=O) groups is 1. The van der Waals surface area contributed by atoms with Crippen LogP contribution in [0.2, 0.25) is 0 Å². The van der Waals surface area contributed by atoms with Gasteiger partial charge in [0.15, 0.2) is 0 Å². The molecule has 28 heavy (non-hydrogen) atoms. The molecule has 5 nitrogen and oxygen atoms in total. The van der Waals surface area contributed by atoms with Gasteiger partial charge in [-0.15, -0.1) is 0 Å². The Bertz CT molecular complexity index is 1150. The van der Waals surface area contributed by atoms with Gasteiger partial charge in [-0.1, -0.05) is 19.1 Å². The van der Waals surface area contributed by atoms with E-state index >= 15 is 0 Å². The summed E-state index contributed by atoms with van der Waals surface area (Å²) in [5.74, 6) is -0.965. The number of nitrogens with one attached hydrogen (secondary N) is 2. The molecule has 140 valence electrons. The minimum Gasteiger partial charge on any atom is -0.352 e. The minimum atomic E-state index is -0.547. The number of benzene rings is 2. The summed E-state index contributed by atoms with van der Waals surface area (Å²) in [6.45, 7) is 2.45. The van der Waals surface area contributed by atoms with Gasteiger partial charge < -0.3 is 5.32 Å². The van der Waals surface area contributed by atoms with Crippen molar-refractivity contribution < 1.29 is 9.18 Å². The minimum absolute atomic E-state index is 0.0211. The van der Waals surface area contributed by atoms with Crippen LogP contribution in [0.25, 0.3) is 33.3 Å². The van der Waals surface area contributed by atoms with E-state index in [1.807, 2.05) is 37.3 Å². The van der Waals surface area contributed by atoms with Crippen LogP contribution in [0.5, 0.6) is 0 Å². The normalized spacial score (nSPS) is 10.9. The summed E-state index contributed by atoms with van der Waals surface area (Å²) in [7, 11) is 0. The maximum Gasteiger partial charge on any atom is 0.254 e. The highest BCUT2D eigenvalue weighted by Gasteiger charge is 2.15. The van der Waals surface area contributed by atoms with E-state index in [9.17, 15) is 9.18 Å². The lowest BCUT2D eigenvalue weighted by molar-refractivity contribution is 0.0949. The fourth-order valence-electron chi connectivity index (χ4n) is 3.16. The molecule has 6 heteroatoms. The van der Waals surface area contributed by atoms with E-state index in [-0.39, 0.29) is 5.56 Å². The second kappa shape index (κ2) is 7.60. The second-order valence-corrected chi connectivity index (χ2v) is 6.52. The highest BCUT2D eigenvalue weighted by molar-refractivity contribution is 5.96. The van der Waals surface area contributed by atoms with E-state index in [1.165, 1.54) is 6.07 Å². The summed E-state index contributed by atoms with van der Waals surface area (Å²) >= 11 is 0. The van der Waals surface area contributed by atoms with Crippen molar-refractivity contribution in [3.63, 3.8) is 0 Å². The summed E-state index contributed by atoms with van der Waals surface area (Å²) in [5, 5.41) is 10.7. The summed E-state index contributed by atoms with van der Waals surface area (Å²) in [5.41, 5.74) is 4.22. The van der Waals surface area contributed by atoms with Gasteiger partial charge in [0.1, 0.15) is 5.82 Å². The lowest BCUT2D eigenvalue weighted by atomic mass is 9.97. The molecule has 0 aliphatic carbocycles. The number of fused-ring (bicyclic) bond motifs is 1. The highest BCUT2D eigenvalue weighted by Crippen LogP contribution is 2.32. The summed E-state index contributed by atoms with van der Waals surface area (Å²) < 4.78 is 14.2. The maximum atomic E-state index is 14.2. The quantitative estimate of drug-likeness (QED) is 0.537. The third kappa shape index (κ3) is 3.36. The Morgan fingerprint density at radius 2 is 2.00 bits per heavy atom. The molecular formula is C22H19FN4O. The van der Waals surface area contributed by atoms with Crippen molar-refractivity contribution in [1.29, 1.82) is 0 Å². The molecule has 2 aromatic heterocycles. The van der Waals surface area contributed by atoms with E-state index in [0.29, 0.717) is 17.8 Å². The van der Waals surface area contributed by atoms with Crippen molar-refractivity contribution in [2.75, 3.05) is 6.54 Å². The van der Waals surface area contributed by atoms with Crippen LogP contribution in [0.15, 0.2) is 60.9 Å². The van der Waals surface area contributed by atoms with Gasteiger partial charge in [-0.2, -0.15) is 5.10 Å². The van der Waals surface area contributed by atoms with Gasteiger partial charge in [0.05, 0.1) is 23.0 Å². The zero-order chi connectivity index (χ0) is 19.5. The summed E-state index contributed by atoms with van der Waals surface area (Å²) in [6.07, 6.45) is 4.24. The number of halogens is 1. The topological polar surface area (TPSA) is 70.7 Å². The van der Waals surface area contributed by atoms with Gasteiger partial charge in [-0.25, -0.2) is 4.39 Å². The Labute approximate surface area is 161 Å². The van der Waals surface area contributed by atoms with Crippen LogP contribution in [-0.4, -0.2) is 27.6 Å². The molecule has 0 atom stereocenters. The smallest absolute Gasteiger partial charge is 0.254 e. The van der Waals surface area contributed by atoms with Crippen LogP contribution >= 0.6 is 0 Å². The Kier molecular flexibility index (Phi) is 4.85. The van der Waals surface area contributed by atoms with Gasteiger partial charge in [-0.05, 0) is 48.4 Å². The van der Waals surface area contributed by atoms with Crippen molar-refractivity contribution in [3.8, 4) is 22.4 Å². The molecule has 1 amide bonds. The lowest BCUT2D eigenvalue weighted by Crippen LogP contribution is -2.25. The molecule has 0 spiro atoms. The number of hydrogen-bond donors (Lipinski definition) is 2. The number of rotatable bonds is 5. The van der Waals surface area contributed by atoms with Crippen molar-refractivity contribution in [2.24, 2.45) is 0 Å². The Hall–Kier alpha value is -3.54. The molecule has 2 N–H and O–H groups in total. The maximum absolute atomic E-state index is 14.2. The van der Waals surface area contributed by atoms with E-state index < -0.39 is 11.7 Å². The number of H-pyrrole nitrogens is 1. The fourth-order valence-corrected chi connectivity index (χ4v) is 3.16. The van der Waals surface area contributed by atoms with Crippen molar-refractivity contribution >= 4 is 16.8 Å². The molecule has 0 bridgehead atoms. The molecule has 0 radical (unpaired) electrons. The highest BCUT2D eigenvalue weighted by atomic mass is 19.1. The van der Waals surface area contributed by atoms with Crippen LogP contribution < -0.4 is 5.32 Å². The van der Waals surface area contributed by atoms with Crippen LogP contribution in [0.1, 0.15) is 23.7 Å². The number of aromatic amines is 1. The SMILES string of the molecule is CCCNC(=O)c1cc(-c2ncccc2-c2ccc3[nH]ncc3c2)ccc1F. The molecule has 0 aliphatic rings. The predicted octanol–water partition coefficient (Wildman–Crippen LogP) is 4.57. The largest absolute Gasteiger partial charge is 0.352 e. The van der Waals surface area contributed by atoms with Gasteiger partial charge in [0.2, 0.25) is 0 Å². The monoisotopic (exact) mass is 374 g/mol. The molecule has 2 aromatic carbocycles. The van der Waals surface area contributed by atoms with Crippen molar-refractivity contribution in [1.82, 2.24) is 20.5 Å². The second-order valence-electron chi connectivity index (χ2n) is 6.52. The van der Waals surface area contributed by atoms with Crippen LogP contribution in [-0.2, 0) is 0 Å². The van der Waals surface area contributed by atoms with Gasteiger partial charge >= 0.3 is 0 Å². The third-order valence-corrected chi connectivity index (χ3v) is 4.58. The van der Waals surface area contributed by atoms with Crippen LogP contribution in [0.4, 0.5) is 4.39 Å². The number of amides is 1. The predicted molar refractivity (Wildman–Crippen MR) is 107 cm³/mol. The van der Waals surface area contributed by atoms with E-state index in [2.05, 4.69) is 20.5 Å². The molecule has 4 aromatic rings. The Balaban J connectivity index is 1.79. The zero-order valence-corrected chi connectivity index (χ0v) is 15.4. The summed E-state index contributed by atoms with van der Waals surface area (Å²) in [6, 6.07) is 14.3. The Morgan fingerprint density at radius 3 is 2.86 bits per heavy atom. The van der Waals surface area contributed by atoms with Gasteiger partial charge in [0, 0.05) is 29.3 Å².